The second-order valence-corrected chi connectivity index (χ2v) is 6.12. The summed E-state index contributed by atoms with van der Waals surface area (Å²) in [6, 6.07) is 8.04. The number of aliphatic hydroxyl groups is 1. The van der Waals surface area contributed by atoms with Crippen LogP contribution < -0.4 is 4.72 Å². The maximum Gasteiger partial charge on any atom is 0.263 e. The molecule has 2 aromatic rings. The monoisotopic (exact) mass is 294 g/mol. The first-order chi connectivity index (χ1) is 9.12. The molecule has 5 nitrogen and oxygen atoms in total. The van der Waals surface area contributed by atoms with Gasteiger partial charge in [0.05, 0.1) is 16.0 Å². The Bertz CT molecular complexity index is 712. The van der Waals surface area contributed by atoms with Crippen LogP contribution in [0.25, 0.3) is 0 Å². The minimum atomic E-state index is -3.62. The number of thiazole rings is 1. The van der Waals surface area contributed by atoms with Crippen molar-refractivity contribution in [1.29, 1.82) is 0 Å². The van der Waals surface area contributed by atoms with Gasteiger partial charge < -0.3 is 5.11 Å². The second-order valence-electron chi connectivity index (χ2n) is 3.41. The summed E-state index contributed by atoms with van der Waals surface area (Å²) >= 11 is 1.11. The highest BCUT2D eigenvalue weighted by molar-refractivity contribution is 7.93. The molecule has 19 heavy (non-hydrogen) atoms. The number of benzene rings is 1. The molecule has 1 heterocycles. The molecule has 0 atom stereocenters. The molecule has 0 aliphatic rings. The average Bonchev–Trinajstić information content (AvgIpc) is 2.84. The zero-order valence-electron chi connectivity index (χ0n) is 9.70. The molecule has 2 rings (SSSR count). The van der Waals surface area contributed by atoms with Crippen molar-refractivity contribution < 1.29 is 13.5 Å². The van der Waals surface area contributed by atoms with Crippen LogP contribution in [0.2, 0.25) is 0 Å². The Hall–Kier alpha value is -1.88. The molecule has 98 valence electrons. The molecular formula is C12H10N2O3S2. The Labute approximate surface area is 115 Å². The van der Waals surface area contributed by atoms with Crippen molar-refractivity contribution in [1.82, 2.24) is 4.98 Å². The molecule has 1 aromatic carbocycles. The van der Waals surface area contributed by atoms with Gasteiger partial charge in [-0.15, -0.1) is 0 Å². The van der Waals surface area contributed by atoms with Crippen LogP contribution in [-0.4, -0.2) is 25.1 Å². The van der Waals surface area contributed by atoms with E-state index >= 15 is 0 Å². The van der Waals surface area contributed by atoms with E-state index in [1.165, 1.54) is 18.3 Å². The number of rotatable bonds is 3. The fourth-order valence-corrected chi connectivity index (χ4v) is 3.23. The third-order valence-electron chi connectivity index (χ3n) is 2.07. The molecule has 0 radical (unpaired) electrons. The van der Waals surface area contributed by atoms with E-state index < -0.39 is 10.0 Å². The molecule has 0 aliphatic heterocycles. The third kappa shape index (κ3) is 3.54. The third-order valence-corrected chi connectivity index (χ3v) is 4.38. The smallest absolute Gasteiger partial charge is 0.263 e. The van der Waals surface area contributed by atoms with E-state index in [0.29, 0.717) is 4.88 Å². The average molecular weight is 294 g/mol. The summed E-state index contributed by atoms with van der Waals surface area (Å²) < 4.78 is 26.4. The highest BCUT2D eigenvalue weighted by Gasteiger charge is 2.15. The molecule has 0 fully saturated rings. The second kappa shape index (κ2) is 5.84. The summed E-state index contributed by atoms with van der Waals surface area (Å²) in [5, 5.41) is 8.81. The van der Waals surface area contributed by atoms with Gasteiger partial charge in [0.25, 0.3) is 10.0 Å². The number of hydrogen-bond acceptors (Lipinski definition) is 5. The van der Waals surface area contributed by atoms with E-state index in [0.717, 1.165) is 11.3 Å². The van der Waals surface area contributed by atoms with Crippen LogP contribution >= 0.6 is 11.3 Å². The molecule has 0 amide bonds. The fraction of sp³-hybridized carbons (Fsp3) is 0.0833. The van der Waals surface area contributed by atoms with E-state index in [4.69, 9.17) is 5.11 Å². The summed E-state index contributed by atoms with van der Waals surface area (Å²) in [7, 11) is -3.62. The summed E-state index contributed by atoms with van der Waals surface area (Å²) in [4.78, 5) is 4.68. The summed E-state index contributed by atoms with van der Waals surface area (Å²) in [6.07, 6.45) is 1.45. The Balaban J connectivity index is 2.19. The van der Waals surface area contributed by atoms with E-state index in [2.05, 4.69) is 21.5 Å². The number of aromatic nitrogens is 1. The minimum Gasteiger partial charge on any atom is -0.384 e. The van der Waals surface area contributed by atoms with Crippen LogP contribution in [0.5, 0.6) is 0 Å². The Morgan fingerprint density at radius 3 is 2.74 bits per heavy atom. The van der Waals surface area contributed by atoms with Crippen molar-refractivity contribution in [2.45, 2.75) is 4.90 Å². The lowest BCUT2D eigenvalue weighted by molar-refractivity contribution is 0.350. The van der Waals surface area contributed by atoms with Crippen molar-refractivity contribution in [3.63, 3.8) is 0 Å². The van der Waals surface area contributed by atoms with Gasteiger partial charge in [0.1, 0.15) is 6.61 Å². The number of aliphatic hydroxyl groups excluding tert-OH is 1. The fourth-order valence-electron chi connectivity index (χ4n) is 1.28. The van der Waals surface area contributed by atoms with Gasteiger partial charge in [0.2, 0.25) is 0 Å². The summed E-state index contributed by atoms with van der Waals surface area (Å²) in [5.41, 5.74) is 0. The minimum absolute atomic E-state index is 0.174. The lowest BCUT2D eigenvalue weighted by Gasteiger charge is -2.03. The largest absolute Gasteiger partial charge is 0.384 e. The van der Waals surface area contributed by atoms with Crippen LogP contribution in [0, 0.1) is 11.8 Å². The number of anilines is 1. The van der Waals surface area contributed by atoms with Crippen LogP contribution in [-0.2, 0) is 10.0 Å². The van der Waals surface area contributed by atoms with Gasteiger partial charge in [-0.2, -0.15) is 0 Å². The van der Waals surface area contributed by atoms with E-state index in [9.17, 15) is 8.42 Å². The predicted octanol–water partition coefficient (Wildman–Crippen LogP) is 1.29. The van der Waals surface area contributed by atoms with E-state index in [1.807, 2.05) is 0 Å². The molecule has 7 heteroatoms. The van der Waals surface area contributed by atoms with Crippen LogP contribution in [0.1, 0.15) is 4.88 Å². The van der Waals surface area contributed by atoms with Gasteiger partial charge in [-0.3, -0.25) is 4.72 Å². The molecule has 1 aromatic heterocycles. The number of nitrogens with one attached hydrogen (secondary N) is 1. The quantitative estimate of drug-likeness (QED) is 0.836. The highest BCUT2D eigenvalue weighted by Crippen LogP contribution is 2.20. The van der Waals surface area contributed by atoms with Gasteiger partial charge in [-0.05, 0) is 12.1 Å². The van der Waals surface area contributed by atoms with Gasteiger partial charge in [0, 0.05) is 0 Å². The molecule has 0 saturated carbocycles. The highest BCUT2D eigenvalue weighted by atomic mass is 32.2. The SMILES string of the molecule is O=S(=O)(Nc1ncc(C#CCO)s1)c1ccccc1. The van der Waals surface area contributed by atoms with Crippen molar-refractivity contribution >= 4 is 26.5 Å². The number of hydrogen-bond donors (Lipinski definition) is 2. The van der Waals surface area contributed by atoms with Crippen LogP contribution in [0.3, 0.4) is 0 Å². The zero-order chi connectivity index (χ0) is 13.7. The lowest BCUT2D eigenvalue weighted by atomic mass is 10.4. The van der Waals surface area contributed by atoms with Crippen LogP contribution in [0.15, 0.2) is 41.4 Å². The van der Waals surface area contributed by atoms with Crippen molar-refractivity contribution in [2.24, 2.45) is 0 Å². The maximum absolute atomic E-state index is 12.0. The molecule has 0 spiro atoms. The van der Waals surface area contributed by atoms with Crippen molar-refractivity contribution in [3.8, 4) is 11.8 Å². The first kappa shape index (κ1) is 13.5. The summed E-state index contributed by atoms with van der Waals surface area (Å²) in [5.74, 6) is 5.13. The topological polar surface area (TPSA) is 79.3 Å². The van der Waals surface area contributed by atoms with Crippen molar-refractivity contribution in [3.05, 3.63) is 41.4 Å². The lowest BCUT2D eigenvalue weighted by Crippen LogP contribution is -2.12. The number of sulfonamides is 1. The Morgan fingerprint density at radius 1 is 1.32 bits per heavy atom. The van der Waals surface area contributed by atoms with E-state index in [-0.39, 0.29) is 16.6 Å². The first-order valence-electron chi connectivity index (χ1n) is 5.25. The normalized spacial score (nSPS) is 10.6. The first-order valence-corrected chi connectivity index (χ1v) is 7.55. The van der Waals surface area contributed by atoms with Gasteiger partial charge in [0.15, 0.2) is 5.13 Å². The standard InChI is InChI=1S/C12H10N2O3S2/c15-8-4-5-10-9-13-12(18-10)14-19(16,17)11-6-2-1-3-7-11/h1-3,6-7,9,15H,8H2,(H,13,14). The molecule has 2 N–H and O–H groups in total. The molecule has 0 bridgehead atoms. The van der Waals surface area contributed by atoms with Gasteiger partial charge in [-0.1, -0.05) is 41.4 Å². The molecular weight excluding hydrogens is 284 g/mol. The van der Waals surface area contributed by atoms with Crippen molar-refractivity contribution in [2.75, 3.05) is 11.3 Å². The molecule has 0 saturated heterocycles. The summed E-state index contributed by atoms with van der Waals surface area (Å²) in [6.45, 7) is -0.247. The molecule has 0 unspecified atom stereocenters. The van der Waals surface area contributed by atoms with E-state index in [1.54, 1.807) is 18.2 Å². The number of nitrogens with zero attached hydrogens (tertiary/aromatic N) is 1. The van der Waals surface area contributed by atoms with Gasteiger partial charge >= 0.3 is 0 Å². The zero-order valence-corrected chi connectivity index (χ0v) is 11.3. The molecule has 0 aliphatic carbocycles. The Kier molecular flexibility index (Phi) is 4.16. The Morgan fingerprint density at radius 2 is 2.05 bits per heavy atom. The predicted molar refractivity (Wildman–Crippen MR) is 73.3 cm³/mol. The van der Waals surface area contributed by atoms with Gasteiger partial charge in [-0.25, -0.2) is 13.4 Å². The maximum atomic E-state index is 12.0. The van der Waals surface area contributed by atoms with Crippen LogP contribution in [0.4, 0.5) is 5.13 Å².